The first kappa shape index (κ1) is 72.8. The molecule has 6 nitrogen and oxygen atoms in total. The molecule has 0 spiro atoms. The number of unbranched alkanes of at least 4 members (excludes halogenated alkanes) is 37. The Balaban J connectivity index is 4.33. The third kappa shape index (κ3) is 61.7. The summed E-state index contributed by atoms with van der Waals surface area (Å²) >= 11 is 0. The summed E-state index contributed by atoms with van der Waals surface area (Å²) in [6.07, 6.45) is 83.3. The molecule has 440 valence electrons. The van der Waals surface area contributed by atoms with Crippen LogP contribution in [-0.4, -0.2) is 37.2 Å². The standard InChI is InChI=1S/C70H124O6/c1-4-7-10-13-16-19-22-25-28-31-32-33-34-35-36-37-38-40-42-45-48-51-54-57-60-63-69(72)75-66-67(65-74-68(71)62-59-56-53-50-47-44-41-30-27-24-21-18-15-12-9-6-3)76-70(73)64-61-58-55-52-49-46-43-39-29-26-23-20-17-14-11-8-5-2/h8,11,17,20,22,25-26,29,31-32,34-35,67H,4-7,9-10,12-16,18-19,21,23-24,27-28,30,33,36-66H2,1-3H3/b11-8-,20-17-,25-22-,29-26-,32-31-,35-34-. The summed E-state index contributed by atoms with van der Waals surface area (Å²) in [7, 11) is 0. The van der Waals surface area contributed by atoms with Crippen molar-refractivity contribution in [3.8, 4) is 0 Å². The normalized spacial score (nSPS) is 12.5. The Hall–Kier alpha value is -3.15. The highest BCUT2D eigenvalue weighted by atomic mass is 16.6. The van der Waals surface area contributed by atoms with Crippen LogP contribution in [0.3, 0.4) is 0 Å². The second kappa shape index (κ2) is 64.4. The Morgan fingerprint density at radius 1 is 0.276 bits per heavy atom. The van der Waals surface area contributed by atoms with E-state index in [1.54, 1.807) is 0 Å². The number of allylic oxidation sites excluding steroid dienone is 12. The van der Waals surface area contributed by atoms with Gasteiger partial charge >= 0.3 is 17.9 Å². The predicted octanol–water partition coefficient (Wildman–Crippen LogP) is 22.5. The lowest BCUT2D eigenvalue weighted by atomic mass is 10.0. The van der Waals surface area contributed by atoms with Gasteiger partial charge in [-0.3, -0.25) is 14.4 Å². The molecule has 0 aromatic heterocycles. The molecule has 0 radical (unpaired) electrons. The summed E-state index contributed by atoms with van der Waals surface area (Å²) in [5, 5.41) is 0. The van der Waals surface area contributed by atoms with Crippen LogP contribution in [0.15, 0.2) is 72.9 Å². The number of hydrogen-bond acceptors (Lipinski definition) is 6. The maximum atomic E-state index is 12.9. The quantitative estimate of drug-likeness (QED) is 0.0261. The van der Waals surface area contributed by atoms with Crippen LogP contribution in [0, 0.1) is 0 Å². The number of carbonyl (C=O) groups is 3. The zero-order valence-electron chi connectivity index (χ0n) is 50.5. The van der Waals surface area contributed by atoms with E-state index in [9.17, 15) is 14.4 Å². The molecule has 0 aromatic rings. The molecule has 1 unspecified atom stereocenters. The number of rotatable bonds is 60. The van der Waals surface area contributed by atoms with E-state index in [1.807, 2.05) is 0 Å². The topological polar surface area (TPSA) is 78.9 Å². The lowest BCUT2D eigenvalue weighted by molar-refractivity contribution is -0.167. The molecule has 0 N–H and O–H groups in total. The SMILES string of the molecule is CC/C=C\C/C=C\C/C=C\CCCCCCCCCC(=O)OC(COC(=O)CCCCCCCCCCCC/C=C\C/C=C\C/C=C\CCCCCCC)COC(=O)CCCCCCCCCCCCCCCCCC. The smallest absolute Gasteiger partial charge is 0.306 e. The Kier molecular flexibility index (Phi) is 61.7. The zero-order chi connectivity index (χ0) is 55.0. The Morgan fingerprint density at radius 2 is 0.513 bits per heavy atom. The van der Waals surface area contributed by atoms with Gasteiger partial charge in [0.2, 0.25) is 0 Å². The molecular weight excluding hydrogens is 937 g/mol. The largest absolute Gasteiger partial charge is 0.462 e. The molecule has 0 aliphatic rings. The van der Waals surface area contributed by atoms with Gasteiger partial charge in [-0.05, 0) is 89.9 Å². The third-order valence-electron chi connectivity index (χ3n) is 14.4. The Bertz CT molecular complexity index is 1400. The maximum Gasteiger partial charge on any atom is 0.306 e. The van der Waals surface area contributed by atoms with Crippen molar-refractivity contribution < 1.29 is 28.6 Å². The van der Waals surface area contributed by atoms with Crippen LogP contribution in [-0.2, 0) is 28.6 Å². The van der Waals surface area contributed by atoms with Crippen molar-refractivity contribution >= 4 is 17.9 Å². The van der Waals surface area contributed by atoms with Gasteiger partial charge in [-0.2, -0.15) is 0 Å². The van der Waals surface area contributed by atoms with Gasteiger partial charge < -0.3 is 14.2 Å². The van der Waals surface area contributed by atoms with Gasteiger partial charge in [0.15, 0.2) is 6.10 Å². The minimum atomic E-state index is -0.782. The molecule has 0 aliphatic heterocycles. The first-order chi connectivity index (χ1) is 37.5. The van der Waals surface area contributed by atoms with Crippen molar-refractivity contribution in [1.82, 2.24) is 0 Å². The van der Waals surface area contributed by atoms with Crippen LogP contribution in [0.2, 0.25) is 0 Å². The van der Waals surface area contributed by atoms with Crippen molar-refractivity contribution in [3.63, 3.8) is 0 Å². The van der Waals surface area contributed by atoms with Gasteiger partial charge in [0.1, 0.15) is 13.2 Å². The number of esters is 3. The highest BCUT2D eigenvalue weighted by molar-refractivity contribution is 5.71. The average Bonchev–Trinajstić information content (AvgIpc) is 3.42. The summed E-state index contributed by atoms with van der Waals surface area (Å²) in [6, 6.07) is 0. The van der Waals surface area contributed by atoms with E-state index in [0.29, 0.717) is 19.3 Å². The number of ether oxygens (including phenoxy) is 3. The van der Waals surface area contributed by atoms with E-state index in [1.165, 1.54) is 199 Å². The predicted molar refractivity (Wildman–Crippen MR) is 330 cm³/mol. The molecule has 0 saturated carbocycles. The maximum absolute atomic E-state index is 12.9. The molecule has 0 rings (SSSR count). The van der Waals surface area contributed by atoms with Gasteiger partial charge in [-0.1, -0.05) is 299 Å². The van der Waals surface area contributed by atoms with Crippen molar-refractivity contribution in [2.45, 2.75) is 341 Å². The lowest BCUT2D eigenvalue weighted by Gasteiger charge is -2.18. The third-order valence-corrected chi connectivity index (χ3v) is 14.4. The van der Waals surface area contributed by atoms with Gasteiger partial charge in [0.05, 0.1) is 0 Å². The molecule has 0 aliphatic carbocycles. The molecule has 0 bridgehead atoms. The van der Waals surface area contributed by atoms with Crippen molar-refractivity contribution in [2.75, 3.05) is 13.2 Å². The lowest BCUT2D eigenvalue weighted by Crippen LogP contribution is -2.30. The highest BCUT2D eigenvalue weighted by Gasteiger charge is 2.19. The van der Waals surface area contributed by atoms with E-state index >= 15 is 0 Å². The van der Waals surface area contributed by atoms with Gasteiger partial charge in [-0.25, -0.2) is 0 Å². The van der Waals surface area contributed by atoms with Crippen LogP contribution in [0.1, 0.15) is 335 Å². The minimum absolute atomic E-state index is 0.0774. The Morgan fingerprint density at radius 3 is 0.803 bits per heavy atom. The number of carbonyl (C=O) groups excluding carboxylic acids is 3. The first-order valence-corrected chi connectivity index (χ1v) is 32.9. The second-order valence-corrected chi connectivity index (χ2v) is 22.0. The van der Waals surface area contributed by atoms with Gasteiger partial charge in [-0.15, -0.1) is 0 Å². The molecule has 6 heteroatoms. The highest BCUT2D eigenvalue weighted by Crippen LogP contribution is 2.17. The summed E-state index contributed by atoms with van der Waals surface area (Å²) in [4.78, 5) is 38.4. The molecule has 1 atom stereocenters. The van der Waals surface area contributed by atoms with Crippen LogP contribution in [0.4, 0.5) is 0 Å². The van der Waals surface area contributed by atoms with Crippen molar-refractivity contribution in [2.24, 2.45) is 0 Å². The van der Waals surface area contributed by atoms with Crippen LogP contribution in [0.5, 0.6) is 0 Å². The summed E-state index contributed by atoms with van der Waals surface area (Å²) in [5.41, 5.74) is 0. The molecule has 0 aromatic carbocycles. The summed E-state index contributed by atoms with van der Waals surface area (Å²) in [6.45, 7) is 6.55. The van der Waals surface area contributed by atoms with E-state index in [4.69, 9.17) is 14.2 Å². The zero-order valence-corrected chi connectivity index (χ0v) is 50.5. The average molecular weight is 1060 g/mol. The van der Waals surface area contributed by atoms with E-state index in [0.717, 1.165) is 96.3 Å². The minimum Gasteiger partial charge on any atom is -0.462 e. The first-order valence-electron chi connectivity index (χ1n) is 32.9. The second-order valence-electron chi connectivity index (χ2n) is 22.0. The van der Waals surface area contributed by atoms with Gasteiger partial charge in [0.25, 0.3) is 0 Å². The summed E-state index contributed by atoms with van der Waals surface area (Å²) in [5.74, 6) is -0.874. The molecule has 0 heterocycles. The molecule has 0 saturated heterocycles. The number of hydrogen-bond donors (Lipinski definition) is 0. The fraction of sp³-hybridized carbons (Fsp3) is 0.786. The monoisotopic (exact) mass is 1060 g/mol. The van der Waals surface area contributed by atoms with E-state index in [-0.39, 0.29) is 31.1 Å². The molecule has 0 fully saturated rings. The van der Waals surface area contributed by atoms with Crippen LogP contribution < -0.4 is 0 Å². The fourth-order valence-corrected chi connectivity index (χ4v) is 9.53. The fourth-order valence-electron chi connectivity index (χ4n) is 9.53. The van der Waals surface area contributed by atoms with Crippen molar-refractivity contribution in [1.29, 1.82) is 0 Å². The van der Waals surface area contributed by atoms with E-state index < -0.39 is 6.10 Å². The molecule has 0 amide bonds. The van der Waals surface area contributed by atoms with E-state index in [2.05, 4.69) is 93.7 Å². The summed E-state index contributed by atoms with van der Waals surface area (Å²) < 4.78 is 17.0. The van der Waals surface area contributed by atoms with Gasteiger partial charge in [0, 0.05) is 19.3 Å². The Labute approximate surface area is 472 Å². The molecule has 76 heavy (non-hydrogen) atoms. The van der Waals surface area contributed by atoms with Crippen molar-refractivity contribution in [3.05, 3.63) is 72.9 Å². The van der Waals surface area contributed by atoms with Crippen LogP contribution >= 0.6 is 0 Å². The molecular formula is C70H124O6. The van der Waals surface area contributed by atoms with Crippen LogP contribution in [0.25, 0.3) is 0 Å².